The van der Waals surface area contributed by atoms with Crippen LogP contribution in [0, 0.1) is 46.8 Å². The standard InChI is InChI=1S/C27H45F3O2/c1-5-26(32)15-12-19-18(16-26)6-7-21-20(19)11-13-24(3)22(8-9-23(21)24)17(2)10-14-25(4,31)27(28,29)30/h17-23,31-32H,5-16H2,1-4H3/t17-,18+,19+,20-,21-,22-,23+,24-,25+,26+/m1/s1. The minimum absolute atomic E-state index is 0.203. The minimum atomic E-state index is -4.56. The molecule has 0 aliphatic heterocycles. The molecule has 4 fully saturated rings. The van der Waals surface area contributed by atoms with Crippen molar-refractivity contribution in [1.29, 1.82) is 0 Å². The maximum atomic E-state index is 13.1. The van der Waals surface area contributed by atoms with E-state index in [4.69, 9.17) is 0 Å². The van der Waals surface area contributed by atoms with E-state index in [2.05, 4.69) is 20.8 Å². The van der Waals surface area contributed by atoms with E-state index < -0.39 is 17.4 Å². The first-order valence-electron chi connectivity index (χ1n) is 13.3. The summed E-state index contributed by atoms with van der Waals surface area (Å²) >= 11 is 0. The van der Waals surface area contributed by atoms with Gasteiger partial charge in [0.25, 0.3) is 0 Å². The van der Waals surface area contributed by atoms with Crippen molar-refractivity contribution in [3.8, 4) is 0 Å². The molecule has 0 spiro atoms. The van der Waals surface area contributed by atoms with Gasteiger partial charge in [0.1, 0.15) is 0 Å². The van der Waals surface area contributed by atoms with Crippen molar-refractivity contribution >= 4 is 0 Å². The first-order valence-corrected chi connectivity index (χ1v) is 13.3. The van der Waals surface area contributed by atoms with Crippen LogP contribution in [-0.2, 0) is 0 Å². The lowest BCUT2D eigenvalue weighted by Gasteiger charge is -2.57. The van der Waals surface area contributed by atoms with Crippen LogP contribution in [0.2, 0.25) is 0 Å². The molecule has 2 nitrogen and oxygen atoms in total. The summed E-state index contributed by atoms with van der Waals surface area (Å²) < 4.78 is 39.4. The Labute approximate surface area is 192 Å². The third-order valence-electron chi connectivity index (χ3n) is 11.2. The monoisotopic (exact) mass is 458 g/mol. The van der Waals surface area contributed by atoms with E-state index in [0.29, 0.717) is 24.2 Å². The molecule has 0 heterocycles. The van der Waals surface area contributed by atoms with Crippen molar-refractivity contribution in [1.82, 2.24) is 0 Å². The predicted molar refractivity (Wildman–Crippen MR) is 121 cm³/mol. The van der Waals surface area contributed by atoms with E-state index in [1.165, 1.54) is 38.5 Å². The lowest BCUT2D eigenvalue weighted by atomic mass is 9.48. The second-order valence-electron chi connectivity index (χ2n) is 12.8. The van der Waals surface area contributed by atoms with Crippen LogP contribution in [0.5, 0.6) is 0 Å². The molecule has 5 heteroatoms. The third kappa shape index (κ3) is 4.16. The molecule has 4 saturated carbocycles. The molecule has 0 bridgehead atoms. The molecule has 10 atom stereocenters. The van der Waals surface area contributed by atoms with Gasteiger partial charge in [-0.3, -0.25) is 0 Å². The number of alkyl halides is 3. The molecule has 4 rings (SSSR count). The number of halogens is 3. The van der Waals surface area contributed by atoms with Gasteiger partial charge in [0.2, 0.25) is 0 Å². The molecule has 186 valence electrons. The molecule has 0 aromatic carbocycles. The quantitative estimate of drug-likeness (QED) is 0.460. The molecule has 0 aromatic rings. The van der Waals surface area contributed by atoms with Gasteiger partial charge in [-0.1, -0.05) is 20.8 Å². The SMILES string of the molecule is CC[C@]1(O)CC[C@H]2[C@@H](CC[C@@H]3[C@@H]2CC[C@]2(C)[C@@H]([C@H](C)CC[C@](C)(O)C(F)(F)F)CC[C@@H]32)C1. The average molecular weight is 459 g/mol. The highest BCUT2D eigenvalue weighted by Gasteiger charge is 2.58. The van der Waals surface area contributed by atoms with Crippen LogP contribution in [0.1, 0.15) is 105 Å². The fourth-order valence-electron chi connectivity index (χ4n) is 9.11. The Morgan fingerprint density at radius 3 is 2.31 bits per heavy atom. The molecule has 0 radical (unpaired) electrons. The largest absolute Gasteiger partial charge is 0.416 e. The van der Waals surface area contributed by atoms with Crippen molar-refractivity contribution in [3.05, 3.63) is 0 Å². The number of hydrogen-bond donors (Lipinski definition) is 2. The van der Waals surface area contributed by atoms with Crippen molar-refractivity contribution in [3.63, 3.8) is 0 Å². The molecule has 4 aliphatic rings. The maximum Gasteiger partial charge on any atom is 0.416 e. The summed E-state index contributed by atoms with van der Waals surface area (Å²) in [5.74, 6) is 4.37. The molecule has 0 aromatic heterocycles. The van der Waals surface area contributed by atoms with E-state index in [1.807, 2.05) is 0 Å². The van der Waals surface area contributed by atoms with E-state index in [-0.39, 0.29) is 17.8 Å². The second-order valence-corrected chi connectivity index (χ2v) is 12.8. The first kappa shape index (κ1) is 24.8. The minimum Gasteiger partial charge on any atom is -0.390 e. The zero-order valence-corrected chi connectivity index (χ0v) is 20.6. The van der Waals surface area contributed by atoms with Crippen LogP contribution in [-0.4, -0.2) is 27.6 Å². The van der Waals surface area contributed by atoms with Crippen LogP contribution < -0.4 is 0 Å². The van der Waals surface area contributed by atoms with Crippen LogP contribution in [0.4, 0.5) is 13.2 Å². The third-order valence-corrected chi connectivity index (χ3v) is 11.2. The van der Waals surface area contributed by atoms with Gasteiger partial charge in [-0.05, 0) is 131 Å². The lowest BCUT2D eigenvalue weighted by Crippen LogP contribution is -2.51. The van der Waals surface area contributed by atoms with Gasteiger partial charge in [0.05, 0.1) is 5.60 Å². The van der Waals surface area contributed by atoms with Gasteiger partial charge in [-0.25, -0.2) is 0 Å². The smallest absolute Gasteiger partial charge is 0.390 e. The molecule has 0 saturated heterocycles. The topological polar surface area (TPSA) is 40.5 Å². The van der Waals surface area contributed by atoms with Gasteiger partial charge in [-0.2, -0.15) is 13.2 Å². The normalized spacial score (nSPS) is 47.2. The molecular weight excluding hydrogens is 413 g/mol. The van der Waals surface area contributed by atoms with Crippen molar-refractivity contribution < 1.29 is 23.4 Å². The fraction of sp³-hybridized carbons (Fsp3) is 1.00. The molecular formula is C27H45F3O2. The molecule has 32 heavy (non-hydrogen) atoms. The van der Waals surface area contributed by atoms with Crippen LogP contribution in [0.25, 0.3) is 0 Å². The predicted octanol–water partition coefficient (Wildman–Crippen LogP) is 7.13. The highest BCUT2D eigenvalue weighted by Crippen LogP contribution is 2.66. The number of fused-ring (bicyclic) bond motifs is 5. The molecule has 0 amide bonds. The van der Waals surface area contributed by atoms with E-state index in [9.17, 15) is 23.4 Å². The summed E-state index contributed by atoms with van der Waals surface area (Å²) in [4.78, 5) is 0. The van der Waals surface area contributed by atoms with Gasteiger partial charge in [0.15, 0.2) is 5.60 Å². The lowest BCUT2D eigenvalue weighted by molar-refractivity contribution is -0.256. The maximum absolute atomic E-state index is 13.1. The zero-order chi connectivity index (χ0) is 23.5. The Balaban J connectivity index is 1.42. The molecule has 4 aliphatic carbocycles. The van der Waals surface area contributed by atoms with Crippen LogP contribution in [0.3, 0.4) is 0 Å². The van der Waals surface area contributed by atoms with E-state index >= 15 is 0 Å². The summed E-state index contributed by atoms with van der Waals surface area (Å²) in [6, 6.07) is 0. The summed E-state index contributed by atoms with van der Waals surface area (Å²) in [7, 11) is 0. The van der Waals surface area contributed by atoms with E-state index in [0.717, 1.165) is 50.4 Å². The Morgan fingerprint density at radius 2 is 1.66 bits per heavy atom. The summed E-state index contributed by atoms with van der Waals surface area (Å²) in [6.07, 6.45) is 6.98. The molecule has 0 unspecified atom stereocenters. The average Bonchev–Trinajstić information content (AvgIpc) is 3.08. The summed E-state index contributed by atoms with van der Waals surface area (Å²) in [5.41, 5.74) is -2.80. The number of hydrogen-bond acceptors (Lipinski definition) is 2. The van der Waals surface area contributed by atoms with Gasteiger partial charge in [0, 0.05) is 0 Å². The zero-order valence-electron chi connectivity index (χ0n) is 20.6. The second kappa shape index (κ2) is 8.43. The highest BCUT2D eigenvalue weighted by molar-refractivity contribution is 5.07. The summed E-state index contributed by atoms with van der Waals surface area (Å²) in [6.45, 7) is 7.60. The van der Waals surface area contributed by atoms with Gasteiger partial charge in [-0.15, -0.1) is 0 Å². The van der Waals surface area contributed by atoms with Crippen molar-refractivity contribution in [2.24, 2.45) is 46.8 Å². The number of aliphatic hydroxyl groups is 2. The van der Waals surface area contributed by atoms with Crippen LogP contribution in [0.15, 0.2) is 0 Å². The summed E-state index contributed by atoms with van der Waals surface area (Å²) in [5, 5.41) is 20.8. The molecule has 2 N–H and O–H groups in total. The van der Waals surface area contributed by atoms with E-state index in [1.54, 1.807) is 0 Å². The van der Waals surface area contributed by atoms with Gasteiger partial charge < -0.3 is 10.2 Å². The van der Waals surface area contributed by atoms with Crippen LogP contribution >= 0.6 is 0 Å². The highest BCUT2D eigenvalue weighted by atomic mass is 19.4. The Hall–Kier alpha value is -0.290. The number of rotatable bonds is 5. The Bertz CT molecular complexity index is 676. The Morgan fingerprint density at radius 1 is 0.969 bits per heavy atom. The van der Waals surface area contributed by atoms with Gasteiger partial charge >= 0.3 is 6.18 Å². The fourth-order valence-corrected chi connectivity index (χ4v) is 9.11. The van der Waals surface area contributed by atoms with Crippen molar-refractivity contribution in [2.75, 3.05) is 0 Å². The Kier molecular flexibility index (Phi) is 6.54. The first-order chi connectivity index (χ1) is 14.8. The van der Waals surface area contributed by atoms with Crippen molar-refractivity contribution in [2.45, 2.75) is 122 Å².